The molecule has 0 aliphatic rings. The fourth-order valence-electron chi connectivity index (χ4n) is 1.92. The first-order valence-corrected chi connectivity index (χ1v) is 7.05. The summed E-state index contributed by atoms with van der Waals surface area (Å²) in [5.41, 5.74) is 1.48. The lowest BCUT2D eigenvalue weighted by Crippen LogP contribution is -2.37. The van der Waals surface area contributed by atoms with Gasteiger partial charge in [0, 0.05) is 0 Å². The average molecular weight is 309 g/mol. The molecule has 2 rings (SSSR count). The third kappa shape index (κ3) is 3.22. The topological polar surface area (TPSA) is 80.0 Å². The molecule has 0 aliphatic heterocycles. The summed E-state index contributed by atoms with van der Waals surface area (Å²) in [7, 11) is 0. The van der Waals surface area contributed by atoms with Gasteiger partial charge in [-0.05, 0) is 25.5 Å². The molecule has 1 aromatic carbocycles. The van der Waals surface area contributed by atoms with Gasteiger partial charge in [-0.2, -0.15) is 0 Å². The molecule has 0 aliphatic carbocycles. The molecule has 1 unspecified atom stereocenters. The van der Waals surface area contributed by atoms with Crippen molar-refractivity contribution in [2.45, 2.75) is 26.3 Å². The van der Waals surface area contributed by atoms with Crippen LogP contribution in [0.5, 0.6) is 0 Å². The highest BCUT2D eigenvalue weighted by molar-refractivity contribution is 6.32. The summed E-state index contributed by atoms with van der Waals surface area (Å²) in [6, 6.07) is 6.91. The van der Waals surface area contributed by atoms with Crippen molar-refractivity contribution < 1.29 is 9.90 Å². The van der Waals surface area contributed by atoms with Crippen LogP contribution in [0, 0.1) is 6.92 Å². The van der Waals surface area contributed by atoms with Crippen LogP contribution in [0.1, 0.15) is 29.5 Å². The summed E-state index contributed by atoms with van der Waals surface area (Å²) in [4.78, 5) is 12.2. The Morgan fingerprint density at radius 2 is 2.19 bits per heavy atom. The van der Waals surface area contributed by atoms with Crippen LogP contribution in [-0.2, 0) is 0 Å². The smallest absolute Gasteiger partial charge is 0.274 e. The van der Waals surface area contributed by atoms with E-state index in [1.807, 2.05) is 19.1 Å². The molecule has 2 N–H and O–H groups in total. The minimum Gasteiger partial charge on any atom is -0.394 e. The SMILES string of the molecule is CCC(CO)NC(=O)c1nnn(-c2ccccc2Cl)c1C. The van der Waals surface area contributed by atoms with Crippen LogP contribution in [0.15, 0.2) is 24.3 Å². The molecule has 2 aromatic rings. The molecular weight excluding hydrogens is 292 g/mol. The van der Waals surface area contributed by atoms with E-state index in [0.717, 1.165) is 0 Å². The molecule has 21 heavy (non-hydrogen) atoms. The van der Waals surface area contributed by atoms with Crippen LogP contribution in [0.4, 0.5) is 0 Å². The number of halogens is 1. The molecule has 0 saturated carbocycles. The summed E-state index contributed by atoms with van der Waals surface area (Å²) < 4.78 is 1.52. The van der Waals surface area contributed by atoms with Crippen molar-refractivity contribution in [2.24, 2.45) is 0 Å². The monoisotopic (exact) mass is 308 g/mol. The summed E-state index contributed by atoms with van der Waals surface area (Å²) >= 11 is 6.13. The van der Waals surface area contributed by atoms with Gasteiger partial charge >= 0.3 is 0 Å². The van der Waals surface area contributed by atoms with E-state index in [2.05, 4.69) is 15.6 Å². The maximum Gasteiger partial charge on any atom is 0.274 e. The van der Waals surface area contributed by atoms with E-state index in [1.165, 1.54) is 4.68 Å². The van der Waals surface area contributed by atoms with E-state index in [9.17, 15) is 4.79 Å². The number of amides is 1. The lowest BCUT2D eigenvalue weighted by Gasteiger charge is -2.13. The van der Waals surface area contributed by atoms with Crippen LogP contribution >= 0.6 is 11.6 Å². The van der Waals surface area contributed by atoms with Gasteiger partial charge in [-0.25, -0.2) is 4.68 Å². The van der Waals surface area contributed by atoms with Gasteiger partial charge in [0.25, 0.3) is 5.91 Å². The second-order valence-electron chi connectivity index (χ2n) is 4.65. The Balaban J connectivity index is 2.29. The van der Waals surface area contributed by atoms with Gasteiger partial charge < -0.3 is 10.4 Å². The van der Waals surface area contributed by atoms with E-state index in [1.54, 1.807) is 19.1 Å². The number of rotatable bonds is 5. The van der Waals surface area contributed by atoms with Crippen molar-refractivity contribution in [3.05, 3.63) is 40.7 Å². The molecule has 7 heteroatoms. The number of hydrogen-bond acceptors (Lipinski definition) is 4. The van der Waals surface area contributed by atoms with Crippen molar-refractivity contribution in [1.82, 2.24) is 20.3 Å². The number of aromatic nitrogens is 3. The zero-order chi connectivity index (χ0) is 15.4. The molecule has 112 valence electrons. The van der Waals surface area contributed by atoms with Crippen molar-refractivity contribution >= 4 is 17.5 Å². The van der Waals surface area contributed by atoms with Crippen molar-refractivity contribution in [3.8, 4) is 5.69 Å². The van der Waals surface area contributed by atoms with Crippen LogP contribution in [0.3, 0.4) is 0 Å². The van der Waals surface area contributed by atoms with Gasteiger partial charge in [-0.1, -0.05) is 35.9 Å². The minimum absolute atomic E-state index is 0.111. The number of aliphatic hydroxyl groups excluding tert-OH is 1. The molecule has 1 heterocycles. The highest BCUT2D eigenvalue weighted by Gasteiger charge is 2.20. The number of carbonyl (C=O) groups excluding carboxylic acids is 1. The predicted molar refractivity (Wildman–Crippen MR) is 79.7 cm³/mol. The fourth-order valence-corrected chi connectivity index (χ4v) is 2.14. The lowest BCUT2D eigenvalue weighted by atomic mass is 10.2. The second-order valence-corrected chi connectivity index (χ2v) is 5.06. The second kappa shape index (κ2) is 6.69. The van der Waals surface area contributed by atoms with Crippen molar-refractivity contribution in [3.63, 3.8) is 0 Å². The van der Waals surface area contributed by atoms with Gasteiger partial charge in [-0.15, -0.1) is 5.10 Å². The Bertz CT molecular complexity index is 638. The Kier molecular flexibility index (Phi) is 4.93. The van der Waals surface area contributed by atoms with Crippen LogP contribution in [-0.4, -0.2) is 38.7 Å². The fraction of sp³-hybridized carbons (Fsp3) is 0.357. The third-order valence-corrected chi connectivity index (χ3v) is 3.56. The Hall–Kier alpha value is -1.92. The first-order chi connectivity index (χ1) is 10.1. The number of para-hydroxylation sites is 1. The molecule has 0 fully saturated rings. The van der Waals surface area contributed by atoms with Gasteiger partial charge in [0.05, 0.1) is 29.1 Å². The Labute approximate surface area is 127 Å². The van der Waals surface area contributed by atoms with E-state index in [-0.39, 0.29) is 24.2 Å². The van der Waals surface area contributed by atoms with Gasteiger partial charge in [0.15, 0.2) is 5.69 Å². The molecule has 0 bridgehead atoms. The maximum absolute atomic E-state index is 12.2. The molecule has 1 amide bonds. The molecule has 0 spiro atoms. The normalized spacial score (nSPS) is 12.2. The highest BCUT2D eigenvalue weighted by atomic mass is 35.5. The van der Waals surface area contributed by atoms with E-state index < -0.39 is 0 Å². The predicted octanol–water partition coefficient (Wildman–Crippen LogP) is 1.73. The molecule has 0 radical (unpaired) electrons. The minimum atomic E-state index is -0.355. The van der Waals surface area contributed by atoms with Crippen molar-refractivity contribution in [2.75, 3.05) is 6.61 Å². The third-order valence-electron chi connectivity index (χ3n) is 3.24. The first kappa shape index (κ1) is 15.5. The summed E-state index contributed by atoms with van der Waals surface area (Å²) in [6.45, 7) is 3.52. The number of nitrogens with one attached hydrogen (secondary N) is 1. The van der Waals surface area contributed by atoms with Gasteiger partial charge in [-0.3, -0.25) is 4.79 Å². The Morgan fingerprint density at radius 1 is 1.48 bits per heavy atom. The summed E-state index contributed by atoms with van der Waals surface area (Å²) in [6.07, 6.45) is 0.639. The zero-order valence-electron chi connectivity index (χ0n) is 11.9. The molecular formula is C14H17ClN4O2. The Morgan fingerprint density at radius 3 is 2.81 bits per heavy atom. The number of benzene rings is 1. The highest BCUT2D eigenvalue weighted by Crippen LogP contribution is 2.21. The summed E-state index contributed by atoms with van der Waals surface area (Å²) in [5, 5.41) is 20.3. The largest absolute Gasteiger partial charge is 0.394 e. The molecule has 1 atom stereocenters. The maximum atomic E-state index is 12.2. The number of aliphatic hydroxyl groups is 1. The quantitative estimate of drug-likeness (QED) is 0.881. The first-order valence-electron chi connectivity index (χ1n) is 6.67. The number of hydrogen-bond donors (Lipinski definition) is 2. The van der Waals surface area contributed by atoms with E-state index in [4.69, 9.17) is 16.7 Å². The van der Waals surface area contributed by atoms with E-state index >= 15 is 0 Å². The molecule has 1 aromatic heterocycles. The standard InChI is InChI=1S/C14H17ClN4O2/c1-3-10(8-20)16-14(21)13-9(2)19(18-17-13)12-7-5-4-6-11(12)15/h4-7,10,20H,3,8H2,1-2H3,(H,16,21). The zero-order valence-corrected chi connectivity index (χ0v) is 12.6. The van der Waals surface area contributed by atoms with Crippen LogP contribution in [0.25, 0.3) is 5.69 Å². The van der Waals surface area contributed by atoms with Gasteiger partial charge in [0.1, 0.15) is 0 Å². The van der Waals surface area contributed by atoms with Crippen LogP contribution in [0.2, 0.25) is 5.02 Å². The number of nitrogens with zero attached hydrogens (tertiary/aromatic N) is 3. The lowest BCUT2D eigenvalue weighted by molar-refractivity contribution is 0.0909. The van der Waals surface area contributed by atoms with Crippen molar-refractivity contribution in [1.29, 1.82) is 0 Å². The molecule has 6 nitrogen and oxygen atoms in total. The number of carbonyl (C=O) groups is 1. The molecule has 0 saturated heterocycles. The average Bonchev–Trinajstić information content (AvgIpc) is 2.87. The van der Waals surface area contributed by atoms with Crippen LogP contribution < -0.4 is 5.32 Å². The van der Waals surface area contributed by atoms with E-state index in [0.29, 0.717) is 22.8 Å². The van der Waals surface area contributed by atoms with Gasteiger partial charge in [0.2, 0.25) is 0 Å². The summed E-state index contributed by atoms with van der Waals surface area (Å²) in [5.74, 6) is -0.355.